The van der Waals surface area contributed by atoms with Crippen LogP contribution >= 0.6 is 11.6 Å². The number of nitrogens with two attached hydrogens (primary N) is 1. The number of benzene rings is 1. The molecule has 0 spiro atoms. The van der Waals surface area contributed by atoms with Crippen LogP contribution in [0.2, 0.25) is 5.02 Å². The van der Waals surface area contributed by atoms with Gasteiger partial charge in [-0.15, -0.1) is 0 Å². The second-order valence-corrected chi connectivity index (χ2v) is 6.58. The van der Waals surface area contributed by atoms with Gasteiger partial charge in [0.05, 0.1) is 5.69 Å². The number of likely N-dealkylation sites (tertiary alicyclic amines) is 1. The van der Waals surface area contributed by atoms with E-state index in [0.717, 1.165) is 36.2 Å². The molecule has 0 aliphatic carbocycles. The predicted molar refractivity (Wildman–Crippen MR) is 97.3 cm³/mol. The molecule has 1 aliphatic heterocycles. The number of nitrogens with zero attached hydrogens (tertiary/aromatic N) is 3. The summed E-state index contributed by atoms with van der Waals surface area (Å²) in [6.45, 7) is 1.46. The van der Waals surface area contributed by atoms with E-state index in [0.29, 0.717) is 11.6 Å². The third-order valence-electron chi connectivity index (χ3n) is 4.42. The Balaban J connectivity index is 1.91. The van der Waals surface area contributed by atoms with Crippen LogP contribution in [0.1, 0.15) is 24.5 Å². The van der Waals surface area contributed by atoms with E-state index in [9.17, 15) is 4.79 Å². The molecule has 2 N–H and O–H groups in total. The number of hydrogen-bond donors (Lipinski definition) is 1. The number of piperidine rings is 1. The van der Waals surface area contributed by atoms with E-state index >= 15 is 0 Å². The van der Waals surface area contributed by atoms with Gasteiger partial charge in [0.1, 0.15) is 6.61 Å². The van der Waals surface area contributed by atoms with Crippen LogP contribution in [0.15, 0.2) is 30.5 Å². The Hall–Kier alpha value is -2.18. The van der Waals surface area contributed by atoms with E-state index < -0.39 is 0 Å². The molecule has 1 saturated heterocycles. The summed E-state index contributed by atoms with van der Waals surface area (Å²) in [7, 11) is 1.53. The molecule has 1 aliphatic rings. The van der Waals surface area contributed by atoms with E-state index in [2.05, 4.69) is 9.97 Å². The molecule has 0 saturated carbocycles. The monoisotopic (exact) mass is 360 g/mol. The Morgan fingerprint density at radius 1 is 1.40 bits per heavy atom. The van der Waals surface area contributed by atoms with Gasteiger partial charge in [-0.1, -0.05) is 23.7 Å². The van der Waals surface area contributed by atoms with Crippen molar-refractivity contribution < 1.29 is 9.53 Å². The highest BCUT2D eigenvalue weighted by Crippen LogP contribution is 2.33. The molecule has 2 heterocycles. The molecule has 25 heavy (non-hydrogen) atoms. The van der Waals surface area contributed by atoms with Crippen molar-refractivity contribution in [2.24, 2.45) is 0 Å². The first-order valence-electron chi connectivity index (χ1n) is 8.23. The Labute approximate surface area is 152 Å². The summed E-state index contributed by atoms with van der Waals surface area (Å²) in [5.74, 6) is 0.362. The molecule has 1 aromatic heterocycles. The maximum atomic E-state index is 12.2. The van der Waals surface area contributed by atoms with Gasteiger partial charge in [-0.05, 0) is 30.5 Å². The Kier molecular flexibility index (Phi) is 5.50. The number of rotatable bonds is 4. The number of carbonyl (C=O) groups is 1. The SMILES string of the molecule is COCC(=O)N1CCC[C@H](c2nc(N)ncc2-c2ccc(Cl)cc2)C1. The summed E-state index contributed by atoms with van der Waals surface area (Å²) in [5.41, 5.74) is 8.63. The fraction of sp³-hybridized carbons (Fsp3) is 0.389. The quantitative estimate of drug-likeness (QED) is 0.906. The lowest BCUT2D eigenvalue weighted by Gasteiger charge is -2.33. The molecule has 1 fully saturated rings. The molecule has 1 aromatic carbocycles. The second-order valence-electron chi connectivity index (χ2n) is 6.15. The standard InChI is InChI=1S/C18H21ClN4O2/c1-25-11-16(24)23-8-2-3-13(10-23)17-15(9-21-18(20)22-17)12-4-6-14(19)7-5-12/h4-7,9,13H,2-3,8,10-11H2,1H3,(H2,20,21,22)/t13-/m0/s1. The van der Waals surface area contributed by atoms with Gasteiger partial charge in [-0.2, -0.15) is 0 Å². The first-order chi connectivity index (χ1) is 12.1. The first kappa shape index (κ1) is 17.6. The average Bonchev–Trinajstić information content (AvgIpc) is 2.63. The van der Waals surface area contributed by atoms with Crippen molar-refractivity contribution in [1.82, 2.24) is 14.9 Å². The van der Waals surface area contributed by atoms with Crippen LogP contribution in [-0.2, 0) is 9.53 Å². The van der Waals surface area contributed by atoms with E-state index in [1.807, 2.05) is 29.2 Å². The van der Waals surface area contributed by atoms with Gasteiger partial charge >= 0.3 is 0 Å². The van der Waals surface area contributed by atoms with E-state index in [4.69, 9.17) is 22.1 Å². The van der Waals surface area contributed by atoms with Gasteiger partial charge in [-0.25, -0.2) is 9.97 Å². The van der Waals surface area contributed by atoms with Crippen molar-refractivity contribution in [3.63, 3.8) is 0 Å². The molecule has 0 bridgehead atoms. The molecule has 1 amide bonds. The minimum absolute atomic E-state index is 0.00210. The third-order valence-corrected chi connectivity index (χ3v) is 4.67. The molecule has 132 valence electrons. The molecule has 7 heteroatoms. The minimum Gasteiger partial charge on any atom is -0.375 e. The number of hydrogen-bond acceptors (Lipinski definition) is 5. The van der Waals surface area contributed by atoms with Gasteiger partial charge in [0.2, 0.25) is 11.9 Å². The van der Waals surface area contributed by atoms with Crippen LogP contribution < -0.4 is 5.73 Å². The van der Waals surface area contributed by atoms with E-state index in [1.54, 1.807) is 6.20 Å². The van der Waals surface area contributed by atoms with Crippen LogP contribution in [0, 0.1) is 0 Å². The maximum Gasteiger partial charge on any atom is 0.248 e. The summed E-state index contributed by atoms with van der Waals surface area (Å²) in [6, 6.07) is 7.56. The Morgan fingerprint density at radius 3 is 2.88 bits per heavy atom. The number of anilines is 1. The van der Waals surface area contributed by atoms with Gasteiger partial charge in [0.15, 0.2) is 0 Å². The molecule has 0 radical (unpaired) electrons. The lowest BCUT2D eigenvalue weighted by molar-refractivity contribution is -0.136. The summed E-state index contributed by atoms with van der Waals surface area (Å²) < 4.78 is 4.97. The van der Waals surface area contributed by atoms with Crippen molar-refractivity contribution in [3.8, 4) is 11.1 Å². The van der Waals surface area contributed by atoms with Crippen LogP contribution in [-0.4, -0.2) is 47.6 Å². The van der Waals surface area contributed by atoms with Crippen LogP contribution in [0.4, 0.5) is 5.95 Å². The highest BCUT2D eigenvalue weighted by atomic mass is 35.5. The maximum absolute atomic E-state index is 12.2. The zero-order chi connectivity index (χ0) is 17.8. The highest BCUT2D eigenvalue weighted by Gasteiger charge is 2.27. The molecule has 2 aromatic rings. The van der Waals surface area contributed by atoms with Gasteiger partial charge in [-0.3, -0.25) is 4.79 Å². The van der Waals surface area contributed by atoms with Crippen LogP contribution in [0.5, 0.6) is 0 Å². The molecule has 1 atom stereocenters. The minimum atomic E-state index is 0.00210. The lowest BCUT2D eigenvalue weighted by atomic mass is 9.90. The first-order valence-corrected chi connectivity index (χ1v) is 8.61. The number of ether oxygens (including phenoxy) is 1. The average molecular weight is 361 g/mol. The summed E-state index contributed by atoms with van der Waals surface area (Å²) in [5, 5.41) is 0.677. The van der Waals surface area contributed by atoms with Crippen molar-refractivity contribution in [2.45, 2.75) is 18.8 Å². The topological polar surface area (TPSA) is 81.3 Å². The predicted octanol–water partition coefficient (Wildman–Crippen LogP) is 2.73. The van der Waals surface area contributed by atoms with Crippen LogP contribution in [0.25, 0.3) is 11.1 Å². The van der Waals surface area contributed by atoms with Crippen molar-refractivity contribution in [2.75, 3.05) is 32.5 Å². The normalized spacial score (nSPS) is 17.5. The number of amides is 1. The number of halogens is 1. The number of carbonyl (C=O) groups excluding carboxylic acids is 1. The van der Waals surface area contributed by atoms with Gasteiger partial charge in [0, 0.05) is 42.9 Å². The summed E-state index contributed by atoms with van der Waals surface area (Å²) >= 11 is 5.99. The van der Waals surface area contributed by atoms with Crippen molar-refractivity contribution in [1.29, 1.82) is 0 Å². The number of methoxy groups -OCH3 is 1. The highest BCUT2D eigenvalue weighted by molar-refractivity contribution is 6.30. The van der Waals surface area contributed by atoms with E-state index in [-0.39, 0.29) is 24.4 Å². The Bertz CT molecular complexity index is 751. The number of nitrogen functional groups attached to an aromatic ring is 1. The smallest absolute Gasteiger partial charge is 0.248 e. The largest absolute Gasteiger partial charge is 0.375 e. The summed E-state index contributed by atoms with van der Waals surface area (Å²) in [4.78, 5) is 22.6. The summed E-state index contributed by atoms with van der Waals surface area (Å²) in [6.07, 6.45) is 3.62. The van der Waals surface area contributed by atoms with Crippen LogP contribution in [0.3, 0.4) is 0 Å². The third kappa shape index (κ3) is 4.08. The number of aromatic nitrogens is 2. The molecular formula is C18H21ClN4O2. The van der Waals surface area contributed by atoms with E-state index in [1.165, 1.54) is 7.11 Å². The molecule has 3 rings (SSSR count). The molecule has 6 nitrogen and oxygen atoms in total. The van der Waals surface area contributed by atoms with Crippen molar-refractivity contribution >= 4 is 23.5 Å². The molecule has 0 unspecified atom stereocenters. The van der Waals surface area contributed by atoms with Gasteiger partial charge in [0.25, 0.3) is 0 Å². The Morgan fingerprint density at radius 2 is 2.16 bits per heavy atom. The zero-order valence-electron chi connectivity index (χ0n) is 14.1. The zero-order valence-corrected chi connectivity index (χ0v) is 14.9. The van der Waals surface area contributed by atoms with Gasteiger partial charge < -0.3 is 15.4 Å². The fourth-order valence-electron chi connectivity index (χ4n) is 3.21. The molecular weight excluding hydrogens is 340 g/mol. The lowest BCUT2D eigenvalue weighted by Crippen LogP contribution is -2.41. The van der Waals surface area contributed by atoms with Crippen molar-refractivity contribution in [3.05, 3.63) is 41.2 Å². The fourth-order valence-corrected chi connectivity index (χ4v) is 3.34. The second kappa shape index (κ2) is 7.80.